The second kappa shape index (κ2) is 5.92. The molecular weight excluding hydrogens is 289 g/mol. The molecule has 21 heavy (non-hydrogen) atoms. The number of anilines is 1. The maximum Gasteiger partial charge on any atom is 0.573 e. The summed E-state index contributed by atoms with van der Waals surface area (Å²) in [6, 6.07) is 5.22. The maximum absolute atomic E-state index is 12.2. The van der Waals surface area contributed by atoms with Crippen LogP contribution in [-0.4, -0.2) is 25.4 Å². The zero-order valence-electron chi connectivity index (χ0n) is 10.7. The van der Waals surface area contributed by atoms with Gasteiger partial charge in [-0.3, -0.25) is 4.79 Å². The summed E-state index contributed by atoms with van der Waals surface area (Å²) in [5, 5.41) is 3.41. The number of carbonyl (C=O) groups excluding carboxylic acids is 1. The lowest BCUT2D eigenvalue weighted by Crippen LogP contribution is -2.25. The molecule has 1 aromatic rings. The van der Waals surface area contributed by atoms with E-state index in [9.17, 15) is 18.0 Å². The van der Waals surface area contributed by atoms with E-state index in [2.05, 4.69) is 14.8 Å². The van der Waals surface area contributed by atoms with Gasteiger partial charge in [0.05, 0.1) is 0 Å². The second-order valence-corrected chi connectivity index (χ2v) is 4.53. The van der Waals surface area contributed by atoms with Gasteiger partial charge >= 0.3 is 6.36 Å². The van der Waals surface area contributed by atoms with Crippen molar-refractivity contribution in [3.63, 3.8) is 0 Å². The van der Waals surface area contributed by atoms with Crippen molar-refractivity contribution in [1.82, 2.24) is 0 Å². The fourth-order valence-electron chi connectivity index (χ4n) is 2.15. The van der Waals surface area contributed by atoms with Gasteiger partial charge in [0, 0.05) is 36.2 Å². The molecule has 1 unspecified atom stereocenters. The zero-order chi connectivity index (χ0) is 15.5. The van der Waals surface area contributed by atoms with E-state index < -0.39 is 6.36 Å². The van der Waals surface area contributed by atoms with E-state index in [-0.39, 0.29) is 30.5 Å². The number of azide groups is 1. The average molecular weight is 300 g/mol. The van der Waals surface area contributed by atoms with E-state index >= 15 is 0 Å². The summed E-state index contributed by atoms with van der Waals surface area (Å²) in [6.07, 6.45) is -4.58. The van der Waals surface area contributed by atoms with Crippen LogP contribution in [0.15, 0.2) is 29.4 Å². The first kappa shape index (κ1) is 15.0. The third-order valence-electron chi connectivity index (χ3n) is 2.97. The number of amides is 1. The fraction of sp³-hybridized carbons (Fsp3) is 0.417. The Morgan fingerprint density at radius 2 is 2.24 bits per heavy atom. The SMILES string of the molecule is [N-]=[N+]=NCC1CC(=O)N(c2cccc(OC(F)(F)F)c2)C1. The summed E-state index contributed by atoms with van der Waals surface area (Å²) in [5.74, 6) is -0.746. The van der Waals surface area contributed by atoms with E-state index in [1.807, 2.05) is 0 Å². The Bertz CT molecular complexity index is 584. The Hall–Kier alpha value is -2.41. The van der Waals surface area contributed by atoms with Gasteiger partial charge in [-0.15, -0.1) is 13.2 Å². The minimum atomic E-state index is -4.78. The standard InChI is InChI=1S/C12H11F3N4O2/c13-12(14,15)21-10-3-1-2-9(5-10)19-7-8(4-11(19)20)6-17-18-16/h1-3,5,8H,4,6-7H2. The maximum atomic E-state index is 12.2. The minimum absolute atomic E-state index is 0.138. The number of ether oxygens (including phenoxy) is 1. The van der Waals surface area contributed by atoms with Crippen molar-refractivity contribution in [3.8, 4) is 5.75 Å². The highest BCUT2D eigenvalue weighted by Gasteiger charge is 2.33. The van der Waals surface area contributed by atoms with Gasteiger partial charge in [0.25, 0.3) is 0 Å². The van der Waals surface area contributed by atoms with Gasteiger partial charge in [0.1, 0.15) is 5.75 Å². The molecule has 1 aromatic carbocycles. The minimum Gasteiger partial charge on any atom is -0.406 e. The highest BCUT2D eigenvalue weighted by molar-refractivity contribution is 5.95. The lowest BCUT2D eigenvalue weighted by Gasteiger charge is -2.18. The number of nitrogens with zero attached hydrogens (tertiary/aromatic N) is 4. The van der Waals surface area contributed by atoms with E-state index in [0.29, 0.717) is 12.2 Å². The van der Waals surface area contributed by atoms with Crippen molar-refractivity contribution in [1.29, 1.82) is 0 Å². The summed E-state index contributed by atoms with van der Waals surface area (Å²) in [4.78, 5) is 15.9. The first-order valence-corrected chi connectivity index (χ1v) is 6.06. The van der Waals surface area contributed by atoms with Crippen LogP contribution in [0.2, 0.25) is 0 Å². The third-order valence-corrected chi connectivity index (χ3v) is 2.97. The molecule has 0 aromatic heterocycles. The number of hydrogen-bond donors (Lipinski definition) is 0. The Balaban J connectivity index is 2.13. The highest BCUT2D eigenvalue weighted by Crippen LogP contribution is 2.30. The molecule has 0 bridgehead atoms. The number of carbonyl (C=O) groups is 1. The van der Waals surface area contributed by atoms with Crippen LogP contribution in [0.25, 0.3) is 10.4 Å². The van der Waals surface area contributed by atoms with Crippen LogP contribution in [0.3, 0.4) is 0 Å². The summed E-state index contributed by atoms with van der Waals surface area (Å²) < 4.78 is 40.4. The third kappa shape index (κ3) is 4.03. The first-order chi connectivity index (χ1) is 9.89. The van der Waals surface area contributed by atoms with E-state index in [0.717, 1.165) is 12.1 Å². The number of rotatable bonds is 4. The molecule has 0 saturated carbocycles. The van der Waals surface area contributed by atoms with Gasteiger partial charge in [-0.1, -0.05) is 11.2 Å². The predicted molar refractivity (Wildman–Crippen MR) is 67.6 cm³/mol. The van der Waals surface area contributed by atoms with Crippen molar-refractivity contribution < 1.29 is 22.7 Å². The van der Waals surface area contributed by atoms with Crippen molar-refractivity contribution in [3.05, 3.63) is 34.7 Å². The van der Waals surface area contributed by atoms with E-state index in [4.69, 9.17) is 5.53 Å². The topological polar surface area (TPSA) is 78.3 Å². The molecule has 1 aliphatic rings. The average Bonchev–Trinajstić information content (AvgIpc) is 2.76. The summed E-state index contributed by atoms with van der Waals surface area (Å²) >= 11 is 0. The molecule has 112 valence electrons. The Labute approximate surface area is 117 Å². The molecule has 9 heteroatoms. The highest BCUT2D eigenvalue weighted by atomic mass is 19.4. The molecule has 0 radical (unpaired) electrons. The summed E-state index contributed by atoms with van der Waals surface area (Å²) in [7, 11) is 0. The predicted octanol–water partition coefficient (Wildman–Crippen LogP) is 3.25. The molecule has 6 nitrogen and oxygen atoms in total. The van der Waals surface area contributed by atoms with Crippen LogP contribution < -0.4 is 9.64 Å². The van der Waals surface area contributed by atoms with Crippen molar-refractivity contribution >= 4 is 11.6 Å². The van der Waals surface area contributed by atoms with Gasteiger partial charge < -0.3 is 9.64 Å². The lowest BCUT2D eigenvalue weighted by atomic mass is 10.1. The van der Waals surface area contributed by atoms with Gasteiger partial charge in [-0.05, 0) is 23.6 Å². The van der Waals surface area contributed by atoms with Gasteiger partial charge in [-0.2, -0.15) is 0 Å². The first-order valence-electron chi connectivity index (χ1n) is 6.06. The molecule has 1 atom stereocenters. The molecule has 2 rings (SSSR count). The molecule has 0 aliphatic carbocycles. The van der Waals surface area contributed by atoms with Crippen LogP contribution in [-0.2, 0) is 4.79 Å². The molecule has 1 amide bonds. The Kier molecular flexibility index (Phi) is 4.23. The number of alkyl halides is 3. The van der Waals surface area contributed by atoms with Crippen LogP contribution >= 0.6 is 0 Å². The normalized spacial score (nSPS) is 18.5. The monoisotopic (exact) mass is 300 g/mol. The smallest absolute Gasteiger partial charge is 0.406 e. The number of benzene rings is 1. The zero-order valence-corrected chi connectivity index (χ0v) is 10.7. The molecule has 1 aliphatic heterocycles. The number of halogens is 3. The van der Waals surface area contributed by atoms with E-state index in [1.54, 1.807) is 0 Å². The molecule has 0 N–H and O–H groups in total. The van der Waals surface area contributed by atoms with Gasteiger partial charge in [-0.25, -0.2) is 0 Å². The summed E-state index contributed by atoms with van der Waals surface area (Å²) in [5.41, 5.74) is 8.58. The Morgan fingerprint density at radius 1 is 1.48 bits per heavy atom. The molecule has 1 heterocycles. The molecular formula is C12H11F3N4O2. The second-order valence-electron chi connectivity index (χ2n) is 4.53. The van der Waals surface area contributed by atoms with Crippen molar-refractivity contribution in [2.45, 2.75) is 12.8 Å². The summed E-state index contributed by atoms with van der Waals surface area (Å²) in [6.45, 7) is 0.477. The van der Waals surface area contributed by atoms with Crippen molar-refractivity contribution in [2.24, 2.45) is 11.0 Å². The van der Waals surface area contributed by atoms with Crippen LogP contribution in [0, 0.1) is 5.92 Å². The van der Waals surface area contributed by atoms with Gasteiger partial charge in [0.2, 0.25) is 5.91 Å². The molecule has 0 spiro atoms. The van der Waals surface area contributed by atoms with E-state index in [1.165, 1.54) is 17.0 Å². The molecule has 1 saturated heterocycles. The Morgan fingerprint density at radius 3 is 2.90 bits per heavy atom. The number of hydrogen-bond acceptors (Lipinski definition) is 3. The van der Waals surface area contributed by atoms with Crippen LogP contribution in [0.4, 0.5) is 18.9 Å². The molecule has 1 fully saturated rings. The largest absolute Gasteiger partial charge is 0.573 e. The van der Waals surface area contributed by atoms with Crippen LogP contribution in [0.1, 0.15) is 6.42 Å². The lowest BCUT2D eigenvalue weighted by molar-refractivity contribution is -0.274. The quantitative estimate of drug-likeness (QED) is 0.486. The fourth-order valence-corrected chi connectivity index (χ4v) is 2.15. The van der Waals surface area contributed by atoms with Gasteiger partial charge in [0.15, 0.2) is 0 Å². The van der Waals surface area contributed by atoms with Crippen LogP contribution in [0.5, 0.6) is 5.75 Å². The van der Waals surface area contributed by atoms with Crippen molar-refractivity contribution in [2.75, 3.05) is 18.0 Å².